The summed E-state index contributed by atoms with van der Waals surface area (Å²) in [5.41, 5.74) is 1.53. The summed E-state index contributed by atoms with van der Waals surface area (Å²) < 4.78 is 6.37. The molecule has 110 valence electrons. The summed E-state index contributed by atoms with van der Waals surface area (Å²) in [6.45, 7) is 5.27. The number of halogens is 1. The van der Waals surface area contributed by atoms with Crippen LogP contribution >= 0.6 is 11.6 Å². The number of nitrogens with zero attached hydrogens (tertiary/aromatic N) is 2. The molecule has 6 heteroatoms. The van der Waals surface area contributed by atoms with E-state index in [0.717, 1.165) is 10.2 Å². The van der Waals surface area contributed by atoms with Crippen molar-refractivity contribution in [1.29, 1.82) is 0 Å². The van der Waals surface area contributed by atoms with Gasteiger partial charge in [-0.3, -0.25) is 4.79 Å². The topological polar surface area (TPSA) is 61.2 Å². The first-order chi connectivity index (χ1) is 9.81. The van der Waals surface area contributed by atoms with Crippen molar-refractivity contribution in [2.24, 2.45) is 7.05 Å². The quantitative estimate of drug-likeness (QED) is 0.632. The Balaban J connectivity index is 2.44. The Labute approximate surface area is 127 Å². The van der Waals surface area contributed by atoms with E-state index in [9.17, 15) is 9.59 Å². The second-order valence-electron chi connectivity index (χ2n) is 4.84. The number of ether oxygens (including phenoxy) is 1. The highest BCUT2D eigenvalue weighted by atomic mass is 35.5. The van der Waals surface area contributed by atoms with E-state index in [-0.39, 0.29) is 11.3 Å². The molecule has 0 N–H and O–H groups in total. The minimum absolute atomic E-state index is 0.0263. The van der Waals surface area contributed by atoms with Gasteiger partial charge in [-0.25, -0.2) is 9.48 Å². The molecule has 2 aromatic rings. The zero-order valence-corrected chi connectivity index (χ0v) is 13.0. The SMILES string of the molecule is Cc1ccc(OC(=O)c2c(C)c(C)nn(C)c2=O)c(Cl)c1. The van der Waals surface area contributed by atoms with Gasteiger partial charge in [0.25, 0.3) is 5.56 Å². The van der Waals surface area contributed by atoms with Crippen molar-refractivity contribution in [2.75, 3.05) is 0 Å². The largest absolute Gasteiger partial charge is 0.421 e. The number of carbonyl (C=O) groups excluding carboxylic acids is 1. The van der Waals surface area contributed by atoms with Crippen LogP contribution in [0.3, 0.4) is 0 Å². The second-order valence-corrected chi connectivity index (χ2v) is 5.24. The van der Waals surface area contributed by atoms with Crippen LogP contribution in [0.4, 0.5) is 0 Å². The Morgan fingerprint density at radius 3 is 2.57 bits per heavy atom. The molecule has 0 radical (unpaired) electrons. The normalized spacial score (nSPS) is 10.5. The van der Waals surface area contributed by atoms with Crippen LogP contribution in [-0.2, 0) is 7.05 Å². The lowest BCUT2D eigenvalue weighted by molar-refractivity contribution is 0.0731. The maximum Gasteiger partial charge on any atom is 0.349 e. The van der Waals surface area contributed by atoms with Gasteiger partial charge in [0.1, 0.15) is 11.3 Å². The first kappa shape index (κ1) is 15.3. The zero-order chi connectivity index (χ0) is 15.7. The summed E-state index contributed by atoms with van der Waals surface area (Å²) in [6.07, 6.45) is 0. The van der Waals surface area contributed by atoms with E-state index in [2.05, 4.69) is 5.10 Å². The molecular weight excluding hydrogens is 292 g/mol. The van der Waals surface area contributed by atoms with Crippen molar-refractivity contribution in [3.05, 3.63) is 56.0 Å². The molecule has 0 fully saturated rings. The van der Waals surface area contributed by atoms with Crippen LogP contribution < -0.4 is 10.3 Å². The van der Waals surface area contributed by atoms with Gasteiger partial charge < -0.3 is 4.74 Å². The number of aromatic nitrogens is 2. The maximum absolute atomic E-state index is 12.3. The van der Waals surface area contributed by atoms with E-state index < -0.39 is 11.5 Å². The molecular formula is C15H15ClN2O3. The first-order valence-corrected chi connectivity index (χ1v) is 6.72. The smallest absolute Gasteiger partial charge is 0.349 e. The Kier molecular flexibility index (Phi) is 4.14. The van der Waals surface area contributed by atoms with Crippen LogP contribution in [0.25, 0.3) is 0 Å². The summed E-state index contributed by atoms with van der Waals surface area (Å²) in [4.78, 5) is 24.4. The van der Waals surface area contributed by atoms with Crippen molar-refractivity contribution < 1.29 is 9.53 Å². The van der Waals surface area contributed by atoms with Crippen molar-refractivity contribution in [3.63, 3.8) is 0 Å². The molecule has 0 aliphatic carbocycles. The fourth-order valence-corrected chi connectivity index (χ4v) is 2.20. The number of esters is 1. The lowest BCUT2D eigenvalue weighted by Crippen LogP contribution is -2.30. The number of hydrogen-bond donors (Lipinski definition) is 0. The summed E-state index contributed by atoms with van der Waals surface area (Å²) in [6, 6.07) is 5.06. The molecule has 5 nitrogen and oxygen atoms in total. The van der Waals surface area contributed by atoms with E-state index in [1.807, 2.05) is 6.92 Å². The number of benzene rings is 1. The molecule has 0 aliphatic rings. The van der Waals surface area contributed by atoms with Crippen LogP contribution in [0.1, 0.15) is 27.2 Å². The average molecular weight is 307 g/mol. The molecule has 0 atom stereocenters. The molecule has 2 rings (SSSR count). The van der Waals surface area contributed by atoms with Gasteiger partial charge in [0.05, 0.1) is 10.7 Å². The fourth-order valence-electron chi connectivity index (χ4n) is 1.93. The third-order valence-corrected chi connectivity index (χ3v) is 3.52. The minimum atomic E-state index is -0.732. The van der Waals surface area contributed by atoms with Crippen LogP contribution in [0.5, 0.6) is 5.75 Å². The molecule has 0 amide bonds. The Bertz CT molecular complexity index is 781. The van der Waals surface area contributed by atoms with E-state index in [1.165, 1.54) is 7.05 Å². The van der Waals surface area contributed by atoms with Gasteiger partial charge in [-0.1, -0.05) is 17.7 Å². The lowest BCUT2D eigenvalue weighted by Gasteiger charge is -2.10. The first-order valence-electron chi connectivity index (χ1n) is 6.34. The van der Waals surface area contributed by atoms with Gasteiger partial charge >= 0.3 is 5.97 Å². The highest BCUT2D eigenvalue weighted by molar-refractivity contribution is 6.32. The molecule has 1 heterocycles. The predicted octanol–water partition coefficient (Wildman–Crippen LogP) is 2.58. The molecule has 0 saturated carbocycles. The summed E-state index contributed by atoms with van der Waals surface area (Å²) in [5, 5.41) is 4.35. The second kappa shape index (κ2) is 5.69. The number of hydrogen-bond acceptors (Lipinski definition) is 4. The number of carbonyl (C=O) groups is 1. The Morgan fingerprint density at radius 2 is 1.95 bits per heavy atom. The van der Waals surface area contributed by atoms with Gasteiger partial charge in [0, 0.05) is 7.05 Å². The molecule has 0 aliphatic heterocycles. The Morgan fingerprint density at radius 1 is 1.29 bits per heavy atom. The molecule has 0 spiro atoms. The minimum Gasteiger partial charge on any atom is -0.421 e. The van der Waals surface area contributed by atoms with E-state index in [0.29, 0.717) is 16.3 Å². The van der Waals surface area contributed by atoms with Gasteiger partial charge in [-0.05, 0) is 44.0 Å². The van der Waals surface area contributed by atoms with E-state index in [1.54, 1.807) is 32.0 Å². The third-order valence-electron chi connectivity index (χ3n) is 3.22. The van der Waals surface area contributed by atoms with Crippen LogP contribution in [0.15, 0.2) is 23.0 Å². The molecule has 0 bridgehead atoms. The van der Waals surface area contributed by atoms with Crippen molar-refractivity contribution in [2.45, 2.75) is 20.8 Å². The lowest BCUT2D eigenvalue weighted by atomic mass is 10.1. The van der Waals surface area contributed by atoms with E-state index >= 15 is 0 Å². The van der Waals surface area contributed by atoms with Crippen molar-refractivity contribution >= 4 is 17.6 Å². The van der Waals surface area contributed by atoms with Crippen molar-refractivity contribution in [3.8, 4) is 5.75 Å². The summed E-state index contributed by atoms with van der Waals surface area (Å²) in [7, 11) is 1.49. The summed E-state index contributed by atoms with van der Waals surface area (Å²) >= 11 is 6.03. The zero-order valence-electron chi connectivity index (χ0n) is 12.2. The molecule has 0 unspecified atom stereocenters. The summed E-state index contributed by atoms with van der Waals surface area (Å²) in [5.74, 6) is -0.507. The van der Waals surface area contributed by atoms with Gasteiger partial charge in [-0.2, -0.15) is 5.10 Å². The average Bonchev–Trinajstić information content (AvgIpc) is 2.40. The van der Waals surface area contributed by atoms with Crippen LogP contribution in [-0.4, -0.2) is 15.7 Å². The molecule has 1 aromatic carbocycles. The monoisotopic (exact) mass is 306 g/mol. The molecule has 1 aromatic heterocycles. The highest BCUT2D eigenvalue weighted by Crippen LogP contribution is 2.26. The van der Waals surface area contributed by atoms with E-state index in [4.69, 9.17) is 16.3 Å². The highest BCUT2D eigenvalue weighted by Gasteiger charge is 2.20. The van der Waals surface area contributed by atoms with Crippen LogP contribution in [0, 0.1) is 20.8 Å². The maximum atomic E-state index is 12.3. The van der Waals surface area contributed by atoms with Crippen LogP contribution in [0.2, 0.25) is 5.02 Å². The number of aryl methyl sites for hydroxylation is 3. The fraction of sp³-hybridized carbons (Fsp3) is 0.267. The third kappa shape index (κ3) is 2.97. The van der Waals surface area contributed by atoms with Crippen molar-refractivity contribution in [1.82, 2.24) is 9.78 Å². The van der Waals surface area contributed by atoms with Gasteiger partial charge in [-0.15, -0.1) is 0 Å². The number of rotatable bonds is 2. The Hall–Kier alpha value is -2.14. The standard InChI is InChI=1S/C15H15ClN2O3/c1-8-5-6-12(11(16)7-8)21-15(20)13-9(2)10(3)17-18(4)14(13)19/h5-7H,1-4H3. The molecule has 0 saturated heterocycles. The van der Waals surface area contributed by atoms with Gasteiger partial charge in [0.15, 0.2) is 0 Å². The predicted molar refractivity (Wildman–Crippen MR) is 80.1 cm³/mol. The van der Waals surface area contributed by atoms with Gasteiger partial charge in [0.2, 0.25) is 0 Å². The molecule has 21 heavy (non-hydrogen) atoms.